The zero-order valence-corrected chi connectivity index (χ0v) is 8.56. The normalized spacial score (nSPS) is 3.00. The summed E-state index contributed by atoms with van der Waals surface area (Å²) in [6, 6.07) is 0. The monoisotopic (exact) mass is 252 g/mol. The minimum absolute atomic E-state index is 0. The second-order valence-electron chi connectivity index (χ2n) is 0.422. The maximum absolute atomic E-state index is 8.36. The molecule has 104 valence electrons. The Kier molecular flexibility index (Phi) is 2500. The maximum atomic E-state index is 8.36. The van der Waals surface area contributed by atoms with E-state index in [1.165, 1.54) is 0 Å². The highest BCUT2D eigenvalue weighted by molar-refractivity contribution is 5.33. The van der Waals surface area contributed by atoms with Gasteiger partial charge in [-0.1, -0.05) is 0 Å². The molecule has 0 fully saturated rings. The fourth-order valence-electron chi connectivity index (χ4n) is 0. The largest absolute Gasteiger partial charge is 0.483 e. The van der Waals surface area contributed by atoms with Gasteiger partial charge in [-0.3, -0.25) is 19.2 Å². The first kappa shape index (κ1) is 67.8. The highest BCUT2D eigenvalue weighted by atomic mass is 16.4. The van der Waals surface area contributed by atoms with Gasteiger partial charge in [0.05, 0.1) is 0 Å². The Balaban J connectivity index is -0.00000000821. The summed E-state index contributed by atoms with van der Waals surface area (Å²) in [5, 5.41) is 27.6. The summed E-state index contributed by atoms with van der Waals surface area (Å²) in [5.74, 6) is 0. The molecule has 0 aliphatic rings. The van der Waals surface area contributed by atoms with E-state index < -0.39 is 0 Å². The molecule has 0 spiro atoms. The average molecular weight is 252 g/mol. The Hall–Kier alpha value is -2.28. The van der Waals surface area contributed by atoms with Gasteiger partial charge in [0.2, 0.25) is 0 Å². The first-order chi connectivity index (χ1) is 5.66. The van der Waals surface area contributed by atoms with Crippen molar-refractivity contribution in [1.82, 2.24) is 24.6 Å². The van der Waals surface area contributed by atoms with Crippen LogP contribution in [0.1, 0.15) is 0 Å². The Morgan fingerprint density at radius 1 is 0.438 bits per heavy atom. The molecule has 0 aliphatic heterocycles. The lowest BCUT2D eigenvalue weighted by Crippen LogP contribution is -1.49. The van der Waals surface area contributed by atoms with Gasteiger partial charge in [0, 0.05) is 0 Å². The van der Waals surface area contributed by atoms with Crippen LogP contribution in [0.5, 0.6) is 0 Å². The van der Waals surface area contributed by atoms with Crippen molar-refractivity contribution < 1.29 is 39.6 Å². The summed E-state index contributed by atoms with van der Waals surface area (Å²) < 4.78 is 0. The van der Waals surface area contributed by atoms with Gasteiger partial charge in [0.25, 0.3) is 25.9 Å². The number of carbonyl (C=O) groups is 4. The van der Waals surface area contributed by atoms with E-state index >= 15 is 0 Å². The van der Waals surface area contributed by atoms with E-state index in [0.717, 1.165) is 0 Å². The fraction of sp³-hybridized carbons (Fsp3) is 0. The Morgan fingerprint density at radius 2 is 0.438 bits per heavy atom. The number of hydrogen-bond acceptors (Lipinski definition) is 8. The molecule has 0 atom stereocenters. The standard InChI is InChI=1S/4CH2O2.4H3N/c4*2-1-3;;;;/h4*1H,(H,2,3);4*1H3. The van der Waals surface area contributed by atoms with Gasteiger partial charge in [0.1, 0.15) is 0 Å². The topological polar surface area (TPSA) is 289 Å². The maximum Gasteiger partial charge on any atom is 0.290 e. The quantitative estimate of drug-likeness (QED) is 0.251. The highest BCUT2D eigenvalue weighted by Gasteiger charge is 1.23. The van der Waals surface area contributed by atoms with Crippen molar-refractivity contribution in [2.45, 2.75) is 0 Å². The lowest BCUT2D eigenvalue weighted by atomic mass is 11.7. The van der Waals surface area contributed by atoms with Crippen LogP contribution in [0, 0.1) is 0 Å². The minimum Gasteiger partial charge on any atom is -0.483 e. The van der Waals surface area contributed by atoms with Crippen molar-refractivity contribution in [3.63, 3.8) is 0 Å². The SMILES string of the molecule is N.N.N.N.O=CO.O=CO.O=CO.O=CO. The van der Waals surface area contributed by atoms with Crippen molar-refractivity contribution in [2.24, 2.45) is 0 Å². The second kappa shape index (κ2) is 591. The van der Waals surface area contributed by atoms with Gasteiger partial charge in [-0.15, -0.1) is 0 Å². The zero-order chi connectivity index (χ0) is 10.8. The van der Waals surface area contributed by atoms with Crippen LogP contribution in [0.25, 0.3) is 0 Å². The third-order valence-corrected chi connectivity index (χ3v) is 0. The minimum atomic E-state index is -0.250. The first-order valence-corrected chi connectivity index (χ1v) is 1.98. The molecule has 0 rings (SSSR count). The average Bonchev–Trinajstić information content (AvgIpc) is 1.92. The van der Waals surface area contributed by atoms with Crippen molar-refractivity contribution in [3.05, 3.63) is 0 Å². The molecular weight excluding hydrogens is 232 g/mol. The Bertz CT molecular complexity index is 78.0. The molecule has 0 unspecified atom stereocenters. The van der Waals surface area contributed by atoms with Crippen molar-refractivity contribution in [3.8, 4) is 0 Å². The van der Waals surface area contributed by atoms with Gasteiger partial charge in [0.15, 0.2) is 0 Å². The van der Waals surface area contributed by atoms with Crippen LogP contribution < -0.4 is 24.6 Å². The summed E-state index contributed by atoms with van der Waals surface area (Å²) in [7, 11) is 0. The van der Waals surface area contributed by atoms with E-state index in [1.807, 2.05) is 0 Å². The third-order valence-electron chi connectivity index (χ3n) is 0. The van der Waals surface area contributed by atoms with Crippen LogP contribution in [0.4, 0.5) is 0 Å². The molecule has 0 bridgehead atoms. The molecular formula is C4H20N4O8. The van der Waals surface area contributed by atoms with Crippen LogP contribution in [0.15, 0.2) is 0 Å². The summed E-state index contributed by atoms with van der Waals surface area (Å²) >= 11 is 0. The number of hydrogen-bond donors (Lipinski definition) is 8. The molecule has 0 aromatic heterocycles. The predicted molar refractivity (Wildman–Crippen MR) is 54.9 cm³/mol. The van der Waals surface area contributed by atoms with Crippen molar-refractivity contribution in [2.75, 3.05) is 0 Å². The van der Waals surface area contributed by atoms with Crippen LogP contribution in [0.3, 0.4) is 0 Å². The molecule has 0 aliphatic carbocycles. The third kappa shape index (κ3) is 259. The lowest BCUT2D eigenvalue weighted by molar-refractivity contribution is -0.123. The van der Waals surface area contributed by atoms with Gasteiger partial charge >= 0.3 is 0 Å². The molecule has 16 heavy (non-hydrogen) atoms. The Labute approximate surface area is 91.2 Å². The molecule has 0 saturated carbocycles. The molecule has 16 N–H and O–H groups in total. The van der Waals surface area contributed by atoms with E-state index in [-0.39, 0.29) is 50.5 Å². The van der Waals surface area contributed by atoms with Crippen LogP contribution in [-0.4, -0.2) is 46.3 Å². The Morgan fingerprint density at radius 3 is 0.438 bits per heavy atom. The summed E-state index contributed by atoms with van der Waals surface area (Å²) in [6.45, 7) is -1.00. The van der Waals surface area contributed by atoms with Crippen LogP contribution >= 0.6 is 0 Å². The van der Waals surface area contributed by atoms with Crippen LogP contribution in [-0.2, 0) is 19.2 Å². The molecule has 12 heteroatoms. The van der Waals surface area contributed by atoms with E-state index in [9.17, 15) is 0 Å². The molecule has 0 aromatic carbocycles. The molecule has 0 aromatic rings. The lowest BCUT2D eigenvalue weighted by Gasteiger charge is -1.34. The molecule has 0 saturated heterocycles. The predicted octanol–water partition coefficient (Wildman–Crippen LogP) is -0.549. The molecule has 0 radical (unpaired) electrons. The molecule has 12 nitrogen and oxygen atoms in total. The van der Waals surface area contributed by atoms with Gasteiger partial charge in [-0.25, -0.2) is 0 Å². The number of rotatable bonds is 0. The summed E-state index contributed by atoms with van der Waals surface area (Å²) in [4.78, 5) is 33.4. The van der Waals surface area contributed by atoms with Crippen molar-refractivity contribution in [1.29, 1.82) is 0 Å². The summed E-state index contributed by atoms with van der Waals surface area (Å²) in [5.41, 5.74) is 0. The highest BCUT2D eigenvalue weighted by Crippen LogP contribution is 0.975. The van der Waals surface area contributed by atoms with Gasteiger partial charge in [-0.05, 0) is 0 Å². The summed E-state index contributed by atoms with van der Waals surface area (Å²) in [6.07, 6.45) is 0. The fourth-order valence-corrected chi connectivity index (χ4v) is 0. The molecule has 0 amide bonds. The van der Waals surface area contributed by atoms with E-state index in [4.69, 9.17) is 39.6 Å². The smallest absolute Gasteiger partial charge is 0.290 e. The zero-order valence-electron chi connectivity index (χ0n) is 8.56. The first-order valence-electron chi connectivity index (χ1n) is 1.98. The molecule has 0 heterocycles. The van der Waals surface area contributed by atoms with Gasteiger partial charge < -0.3 is 45.0 Å². The second-order valence-corrected chi connectivity index (χ2v) is 0.422. The van der Waals surface area contributed by atoms with E-state index in [1.54, 1.807) is 0 Å². The van der Waals surface area contributed by atoms with E-state index in [0.29, 0.717) is 0 Å². The van der Waals surface area contributed by atoms with Crippen molar-refractivity contribution >= 4 is 25.9 Å². The van der Waals surface area contributed by atoms with Gasteiger partial charge in [-0.2, -0.15) is 0 Å². The van der Waals surface area contributed by atoms with Crippen LogP contribution in [0.2, 0.25) is 0 Å². The number of carboxylic acid groups (broad SMARTS) is 4. The van der Waals surface area contributed by atoms with E-state index in [2.05, 4.69) is 0 Å².